The van der Waals surface area contributed by atoms with E-state index in [9.17, 15) is 35.4 Å². The Hall–Kier alpha value is -1.24. The lowest BCUT2D eigenvalue weighted by Gasteiger charge is -2.47. The largest absolute Gasteiger partial charge is 0.394 e. The third-order valence-electron chi connectivity index (χ3n) is 12.6. The summed E-state index contributed by atoms with van der Waals surface area (Å²) < 4.78 is 37.9. The molecule has 8 bridgehead atoms. The molecule has 0 radical (unpaired) electrons. The molecule has 0 aromatic carbocycles. The zero-order chi connectivity index (χ0) is 38.8. The van der Waals surface area contributed by atoms with Crippen LogP contribution in [0.4, 0.5) is 0 Å². The predicted octanol–water partition coefficient (Wildman–Crippen LogP) is 1.73. The zero-order valence-electron chi connectivity index (χ0n) is 31.5. The van der Waals surface area contributed by atoms with Crippen LogP contribution in [0.5, 0.6) is 0 Å². The molecule has 54 heavy (non-hydrogen) atoms. The van der Waals surface area contributed by atoms with Crippen molar-refractivity contribution in [2.24, 2.45) is 11.8 Å². The number of ketones is 1. The number of hydrogen-bond acceptors (Lipinski definition) is 14. The lowest BCUT2D eigenvalue weighted by Crippen LogP contribution is -2.63. The molecule has 11 unspecified atom stereocenters. The van der Waals surface area contributed by atoms with Gasteiger partial charge in [0.25, 0.3) is 0 Å². The summed E-state index contributed by atoms with van der Waals surface area (Å²) in [6, 6.07) is 0. The van der Waals surface area contributed by atoms with Gasteiger partial charge in [-0.15, -0.1) is 0 Å². The molecule has 14 heteroatoms. The zero-order valence-corrected chi connectivity index (χ0v) is 32.4. The van der Waals surface area contributed by atoms with Gasteiger partial charge in [-0.3, -0.25) is 4.79 Å². The predicted molar refractivity (Wildman–Crippen MR) is 200 cm³/mol. The Morgan fingerprint density at radius 2 is 1.52 bits per heavy atom. The van der Waals surface area contributed by atoms with E-state index in [1.54, 1.807) is 0 Å². The van der Waals surface area contributed by atoms with Crippen molar-refractivity contribution in [2.45, 2.75) is 180 Å². The third-order valence-corrected chi connectivity index (χ3v) is 13.3. The Balaban J connectivity index is 1.25. The number of hydrogen-bond donors (Lipinski definition) is 7. The van der Waals surface area contributed by atoms with E-state index in [1.807, 2.05) is 0 Å². The van der Waals surface area contributed by atoms with Gasteiger partial charge in [-0.1, -0.05) is 32.2 Å². The molecular formula is C40H62O13S. The molecule has 5 fully saturated rings. The summed E-state index contributed by atoms with van der Waals surface area (Å²) in [6.07, 6.45) is -3.61. The van der Waals surface area contributed by atoms with E-state index in [-0.39, 0.29) is 49.0 Å². The first kappa shape index (κ1) is 42.4. The molecule has 0 aliphatic carbocycles. The van der Waals surface area contributed by atoms with Crippen LogP contribution in [0.2, 0.25) is 0 Å². The summed E-state index contributed by atoms with van der Waals surface area (Å²) in [5.41, 5.74) is 1.95. The van der Waals surface area contributed by atoms with Crippen molar-refractivity contribution < 1.29 is 63.9 Å². The van der Waals surface area contributed by atoms with Gasteiger partial charge in [-0.05, 0) is 68.4 Å². The van der Waals surface area contributed by atoms with Crippen LogP contribution in [0.1, 0.15) is 77.6 Å². The highest BCUT2D eigenvalue weighted by Crippen LogP contribution is 2.43. The van der Waals surface area contributed by atoms with Gasteiger partial charge < -0.3 is 59.1 Å². The molecule has 0 amide bonds. The molecule has 0 saturated carbocycles. The number of aliphatic hydroxyl groups is 6. The van der Waals surface area contributed by atoms with Crippen molar-refractivity contribution in [1.82, 2.24) is 0 Å². The second-order valence-electron chi connectivity index (χ2n) is 16.5. The van der Waals surface area contributed by atoms with Gasteiger partial charge in [0, 0.05) is 32.3 Å². The van der Waals surface area contributed by atoms with Crippen molar-refractivity contribution in [3.05, 3.63) is 36.5 Å². The summed E-state index contributed by atoms with van der Waals surface area (Å²) in [6.45, 7) is 10.4. The molecule has 0 aromatic heterocycles. The summed E-state index contributed by atoms with van der Waals surface area (Å²) in [5.74, 6) is -0.566. The van der Waals surface area contributed by atoms with Crippen molar-refractivity contribution in [1.29, 1.82) is 0 Å². The molecule has 5 saturated heterocycles. The van der Waals surface area contributed by atoms with Gasteiger partial charge in [-0.2, -0.15) is 12.6 Å². The Morgan fingerprint density at radius 1 is 0.833 bits per heavy atom. The smallest absolute Gasteiger partial charge is 0.148 e. The minimum atomic E-state index is -1.48. The van der Waals surface area contributed by atoms with E-state index in [2.05, 4.69) is 20.1 Å². The lowest BCUT2D eigenvalue weighted by atomic mass is 9.81. The van der Waals surface area contributed by atoms with Crippen LogP contribution in [-0.4, -0.2) is 153 Å². The van der Waals surface area contributed by atoms with Crippen LogP contribution >= 0.6 is 12.6 Å². The van der Waals surface area contributed by atoms with E-state index in [0.717, 1.165) is 30.4 Å². The molecule has 306 valence electrons. The topological polar surface area (TPSA) is 194 Å². The molecule has 0 aromatic rings. The molecule has 13 nitrogen and oxygen atoms in total. The number of carbonyl (C=O) groups is 1. The Labute approximate surface area is 324 Å². The van der Waals surface area contributed by atoms with Crippen molar-refractivity contribution in [2.75, 3.05) is 13.7 Å². The first-order chi connectivity index (χ1) is 25.8. The minimum Gasteiger partial charge on any atom is -0.394 e. The van der Waals surface area contributed by atoms with Crippen LogP contribution in [0.15, 0.2) is 36.5 Å². The molecular weight excluding hydrogens is 720 g/mol. The van der Waals surface area contributed by atoms with Gasteiger partial charge in [0.05, 0.1) is 79.0 Å². The molecule has 8 aliphatic rings. The Morgan fingerprint density at radius 3 is 2.26 bits per heavy atom. The SMILES string of the molecule is C=C1C(C)CC2CC[C@@H]3OC(CCC(O)/C=C/C(O)C4O[C@H]5CC[C@H](CC(=O)C(S)C6[C@H](CC1O2)O[C@H](CC(O)CO)[C@@H]6OC)OC5[C@H](O)[C@@H]4O)CC3=C. The minimum absolute atomic E-state index is 0.0163. The quantitative estimate of drug-likeness (QED) is 0.161. The average Bonchev–Trinajstić information content (AvgIpc) is 3.69. The normalized spacial score (nSPS) is 48.1. The van der Waals surface area contributed by atoms with E-state index < -0.39 is 91.0 Å². The molecule has 19 atom stereocenters. The fraction of sp³-hybridized carbons (Fsp3) is 0.825. The Bertz CT molecular complexity index is 1330. The molecule has 6 N–H and O–H groups in total. The maximum atomic E-state index is 14.1. The number of ether oxygens (including phenoxy) is 6. The maximum Gasteiger partial charge on any atom is 0.148 e. The van der Waals surface area contributed by atoms with Gasteiger partial charge >= 0.3 is 0 Å². The highest BCUT2D eigenvalue weighted by molar-refractivity contribution is 7.81. The first-order valence-electron chi connectivity index (χ1n) is 19.8. The molecule has 0 spiro atoms. The second-order valence-corrected chi connectivity index (χ2v) is 17.1. The van der Waals surface area contributed by atoms with Crippen LogP contribution in [0, 0.1) is 11.8 Å². The van der Waals surface area contributed by atoms with E-state index in [1.165, 1.54) is 19.3 Å². The highest BCUT2D eigenvalue weighted by atomic mass is 32.1. The number of thiol groups is 1. The summed E-state index contributed by atoms with van der Waals surface area (Å²) in [4.78, 5) is 14.1. The number of rotatable bonds is 4. The van der Waals surface area contributed by atoms with Crippen molar-refractivity contribution in [3.63, 3.8) is 0 Å². The van der Waals surface area contributed by atoms with Crippen LogP contribution in [0.3, 0.4) is 0 Å². The number of carbonyl (C=O) groups excluding carboxylic acids is 1. The van der Waals surface area contributed by atoms with Gasteiger partial charge in [-0.25, -0.2) is 0 Å². The Kier molecular flexibility index (Phi) is 14.6. The van der Waals surface area contributed by atoms with Crippen molar-refractivity contribution >= 4 is 18.4 Å². The molecule has 8 aliphatic heterocycles. The van der Waals surface area contributed by atoms with Gasteiger partial charge in [0.15, 0.2) is 0 Å². The van der Waals surface area contributed by atoms with Crippen LogP contribution < -0.4 is 0 Å². The van der Waals surface area contributed by atoms with E-state index >= 15 is 0 Å². The van der Waals surface area contributed by atoms with Crippen LogP contribution in [-0.2, 0) is 33.2 Å². The fourth-order valence-corrected chi connectivity index (χ4v) is 9.98. The van der Waals surface area contributed by atoms with Crippen molar-refractivity contribution in [3.8, 4) is 0 Å². The molecule has 8 heterocycles. The summed E-state index contributed by atoms with van der Waals surface area (Å²) >= 11 is 4.89. The second kappa shape index (κ2) is 18.6. The van der Waals surface area contributed by atoms with Crippen LogP contribution in [0.25, 0.3) is 0 Å². The monoisotopic (exact) mass is 782 g/mol. The van der Waals surface area contributed by atoms with Gasteiger partial charge in [0.2, 0.25) is 0 Å². The summed E-state index contributed by atoms with van der Waals surface area (Å²) in [7, 11) is 1.54. The molecule has 8 rings (SSSR count). The average molecular weight is 783 g/mol. The first-order valence-corrected chi connectivity index (χ1v) is 20.4. The number of aliphatic hydroxyl groups excluding tert-OH is 6. The fourth-order valence-electron chi connectivity index (χ4n) is 9.52. The highest BCUT2D eigenvalue weighted by Gasteiger charge is 2.53. The summed E-state index contributed by atoms with van der Waals surface area (Å²) in [5, 5.41) is 63.0. The number of methoxy groups -OCH3 is 1. The number of Topliss-reactive ketones (excluding diaryl/α,β-unsaturated/α-hetero) is 1. The van der Waals surface area contributed by atoms with E-state index in [0.29, 0.717) is 38.5 Å². The lowest BCUT2D eigenvalue weighted by molar-refractivity contribution is -0.273. The maximum absolute atomic E-state index is 14.1. The van der Waals surface area contributed by atoms with E-state index in [4.69, 9.17) is 41.0 Å². The standard InChI is InChI=1S/C40H62O13S/c1-19-13-25-8-11-29-20(2)14-24(49-29)7-5-22(42)6-10-27(44)37-35(46)36(47)39-30(53-37)12-9-26(51-39)16-28(45)40(54)34-32(17-31(50-25)21(19)3)52-33(38(34)48-4)15-23(43)18-41/h6,10,19,22-27,29-44,46-47,54H,2-3,5,7-9,11-18H2,1,4H3/b10-6+/t19?,22?,23?,24?,25?,26-,27?,29+,30+,31?,32+,33-,34?,35+,36-,37?,38+,39?,40?/m1/s1. The number of fused-ring (bicyclic) bond motifs is 2. The van der Waals surface area contributed by atoms with Gasteiger partial charge in [0.1, 0.15) is 36.3 Å². The third kappa shape index (κ3) is 9.54.